The third-order valence-electron chi connectivity index (χ3n) is 4.01. The number of para-hydroxylation sites is 1. The van der Waals surface area contributed by atoms with E-state index in [9.17, 15) is 14.4 Å². The first kappa shape index (κ1) is 17.7. The first-order valence-electron chi connectivity index (χ1n) is 8.62. The third-order valence-corrected chi connectivity index (χ3v) is 4.01. The Hall–Kier alpha value is -3.15. The molecule has 0 aromatic heterocycles. The number of carbonyl (C=O) groups excluding carboxylic acids is 3. The normalized spacial score (nSPS) is 12.9. The van der Waals surface area contributed by atoms with Crippen molar-refractivity contribution in [1.82, 2.24) is 10.6 Å². The zero-order valence-corrected chi connectivity index (χ0v) is 14.3. The molecule has 3 N–H and O–H groups in total. The van der Waals surface area contributed by atoms with E-state index in [0.717, 1.165) is 18.4 Å². The minimum atomic E-state index is -0.377. The molecule has 0 unspecified atom stereocenters. The second kappa shape index (κ2) is 8.29. The van der Waals surface area contributed by atoms with Gasteiger partial charge in [-0.15, -0.1) is 0 Å². The maximum Gasteiger partial charge on any atom is 0.253 e. The van der Waals surface area contributed by atoms with Crippen LogP contribution in [-0.4, -0.2) is 30.3 Å². The maximum absolute atomic E-state index is 12.2. The van der Waals surface area contributed by atoms with Gasteiger partial charge in [0, 0.05) is 6.04 Å². The van der Waals surface area contributed by atoms with Gasteiger partial charge in [0.05, 0.1) is 24.2 Å². The number of carbonyl (C=O) groups is 3. The molecule has 26 heavy (non-hydrogen) atoms. The van der Waals surface area contributed by atoms with Gasteiger partial charge in [0.2, 0.25) is 11.8 Å². The topological polar surface area (TPSA) is 87.3 Å². The van der Waals surface area contributed by atoms with Gasteiger partial charge in [-0.2, -0.15) is 0 Å². The van der Waals surface area contributed by atoms with Crippen LogP contribution in [-0.2, 0) is 16.0 Å². The molecule has 3 rings (SSSR count). The summed E-state index contributed by atoms with van der Waals surface area (Å²) in [5.41, 5.74) is 1.74. The molecule has 0 radical (unpaired) electrons. The first-order chi connectivity index (χ1) is 12.6. The second-order valence-electron chi connectivity index (χ2n) is 6.28. The van der Waals surface area contributed by atoms with E-state index < -0.39 is 0 Å². The fraction of sp³-hybridized carbons (Fsp3) is 0.250. The van der Waals surface area contributed by atoms with Crippen molar-refractivity contribution in [3.05, 3.63) is 65.7 Å². The summed E-state index contributed by atoms with van der Waals surface area (Å²) >= 11 is 0. The molecule has 1 aliphatic rings. The molecule has 6 nitrogen and oxygen atoms in total. The summed E-state index contributed by atoms with van der Waals surface area (Å²) in [5, 5.41) is 8.18. The lowest BCUT2D eigenvalue weighted by molar-refractivity contribution is -0.123. The van der Waals surface area contributed by atoms with E-state index in [1.54, 1.807) is 24.3 Å². The van der Waals surface area contributed by atoms with E-state index in [-0.39, 0.29) is 36.7 Å². The average molecular weight is 351 g/mol. The SMILES string of the molecule is O=C(Cc1ccccc1)NCC(=O)Nc1ccccc1C(=O)NC1CC1. The molecular weight excluding hydrogens is 330 g/mol. The van der Waals surface area contributed by atoms with Crippen molar-refractivity contribution < 1.29 is 14.4 Å². The smallest absolute Gasteiger partial charge is 0.253 e. The summed E-state index contributed by atoms with van der Waals surface area (Å²) in [7, 11) is 0. The van der Waals surface area contributed by atoms with Crippen LogP contribution in [0.15, 0.2) is 54.6 Å². The predicted molar refractivity (Wildman–Crippen MR) is 98.7 cm³/mol. The number of hydrogen-bond donors (Lipinski definition) is 3. The van der Waals surface area contributed by atoms with Crippen molar-refractivity contribution in [2.24, 2.45) is 0 Å². The van der Waals surface area contributed by atoms with Crippen molar-refractivity contribution in [1.29, 1.82) is 0 Å². The molecular formula is C20H21N3O3. The number of hydrogen-bond acceptors (Lipinski definition) is 3. The summed E-state index contributed by atoms with van der Waals surface area (Å²) in [5.74, 6) is -0.805. The molecule has 0 saturated heterocycles. The van der Waals surface area contributed by atoms with Crippen LogP contribution in [0.2, 0.25) is 0 Å². The fourth-order valence-corrected chi connectivity index (χ4v) is 2.50. The lowest BCUT2D eigenvalue weighted by atomic mass is 10.1. The molecule has 0 spiro atoms. The Morgan fingerprint density at radius 3 is 2.31 bits per heavy atom. The average Bonchev–Trinajstić information content (AvgIpc) is 3.45. The molecule has 1 saturated carbocycles. The molecule has 2 aromatic carbocycles. The van der Waals surface area contributed by atoms with Crippen LogP contribution >= 0.6 is 0 Å². The van der Waals surface area contributed by atoms with E-state index in [4.69, 9.17) is 0 Å². The van der Waals surface area contributed by atoms with Gasteiger partial charge in [0.15, 0.2) is 0 Å². The Balaban J connectivity index is 1.51. The molecule has 134 valence electrons. The van der Waals surface area contributed by atoms with Gasteiger partial charge < -0.3 is 16.0 Å². The van der Waals surface area contributed by atoms with Gasteiger partial charge in [-0.25, -0.2) is 0 Å². The highest BCUT2D eigenvalue weighted by atomic mass is 16.2. The molecule has 1 fully saturated rings. The van der Waals surface area contributed by atoms with E-state index in [2.05, 4.69) is 16.0 Å². The minimum Gasteiger partial charge on any atom is -0.349 e. The lowest BCUT2D eigenvalue weighted by Gasteiger charge is -2.11. The summed E-state index contributed by atoms with van der Waals surface area (Å²) in [6.45, 7) is -0.149. The maximum atomic E-state index is 12.2. The summed E-state index contributed by atoms with van der Waals surface area (Å²) in [4.78, 5) is 36.3. The summed E-state index contributed by atoms with van der Waals surface area (Å²) < 4.78 is 0. The molecule has 0 heterocycles. The van der Waals surface area contributed by atoms with Crippen LogP contribution in [0.5, 0.6) is 0 Å². The number of benzene rings is 2. The Morgan fingerprint density at radius 1 is 0.885 bits per heavy atom. The zero-order chi connectivity index (χ0) is 18.4. The minimum absolute atomic E-state index is 0.149. The van der Waals surface area contributed by atoms with Gasteiger partial charge >= 0.3 is 0 Å². The first-order valence-corrected chi connectivity index (χ1v) is 8.62. The summed E-state index contributed by atoms with van der Waals surface area (Å²) in [6, 6.07) is 16.4. The number of amides is 3. The highest BCUT2D eigenvalue weighted by Gasteiger charge is 2.25. The van der Waals surface area contributed by atoms with Crippen molar-refractivity contribution >= 4 is 23.4 Å². The van der Waals surface area contributed by atoms with E-state index >= 15 is 0 Å². The second-order valence-corrected chi connectivity index (χ2v) is 6.28. The fourth-order valence-electron chi connectivity index (χ4n) is 2.50. The van der Waals surface area contributed by atoms with Crippen LogP contribution < -0.4 is 16.0 Å². The standard InChI is InChI=1S/C20H21N3O3/c24-18(12-14-6-2-1-3-7-14)21-13-19(25)23-17-9-5-4-8-16(17)20(26)22-15-10-11-15/h1-9,15H,10-13H2,(H,21,24)(H,22,26)(H,23,25). The van der Waals surface area contributed by atoms with Crippen LogP contribution in [0.25, 0.3) is 0 Å². The molecule has 2 aromatic rings. The predicted octanol–water partition coefficient (Wildman–Crippen LogP) is 1.88. The van der Waals surface area contributed by atoms with Crippen molar-refractivity contribution in [3.8, 4) is 0 Å². The highest BCUT2D eigenvalue weighted by Crippen LogP contribution is 2.21. The number of anilines is 1. The monoisotopic (exact) mass is 351 g/mol. The molecule has 0 aliphatic heterocycles. The highest BCUT2D eigenvalue weighted by molar-refractivity contribution is 6.04. The largest absolute Gasteiger partial charge is 0.349 e. The van der Waals surface area contributed by atoms with Crippen LogP contribution in [0.1, 0.15) is 28.8 Å². The van der Waals surface area contributed by atoms with E-state index in [1.807, 2.05) is 30.3 Å². The van der Waals surface area contributed by atoms with Gasteiger partial charge in [-0.3, -0.25) is 14.4 Å². The molecule has 1 aliphatic carbocycles. The Morgan fingerprint density at radius 2 is 1.58 bits per heavy atom. The van der Waals surface area contributed by atoms with Crippen molar-refractivity contribution in [2.75, 3.05) is 11.9 Å². The van der Waals surface area contributed by atoms with Gasteiger partial charge in [0.25, 0.3) is 5.91 Å². The van der Waals surface area contributed by atoms with Crippen LogP contribution in [0.4, 0.5) is 5.69 Å². The third kappa shape index (κ3) is 5.17. The number of rotatable bonds is 7. The van der Waals surface area contributed by atoms with Gasteiger partial charge in [-0.1, -0.05) is 42.5 Å². The molecule has 0 atom stereocenters. The molecule has 3 amide bonds. The number of nitrogens with one attached hydrogen (secondary N) is 3. The Labute approximate surface area is 152 Å². The quantitative estimate of drug-likeness (QED) is 0.712. The van der Waals surface area contributed by atoms with Gasteiger partial charge in [-0.05, 0) is 30.5 Å². The van der Waals surface area contributed by atoms with E-state index in [1.165, 1.54) is 0 Å². The Kier molecular flexibility index (Phi) is 5.63. The zero-order valence-electron chi connectivity index (χ0n) is 14.3. The van der Waals surface area contributed by atoms with Gasteiger partial charge in [0.1, 0.15) is 0 Å². The van der Waals surface area contributed by atoms with Crippen LogP contribution in [0.3, 0.4) is 0 Å². The van der Waals surface area contributed by atoms with Crippen LogP contribution in [0, 0.1) is 0 Å². The molecule has 6 heteroatoms. The summed E-state index contributed by atoms with van der Waals surface area (Å²) in [6.07, 6.45) is 2.20. The molecule has 0 bridgehead atoms. The Bertz CT molecular complexity index is 801. The van der Waals surface area contributed by atoms with E-state index in [0.29, 0.717) is 11.3 Å². The lowest BCUT2D eigenvalue weighted by Crippen LogP contribution is -2.34. The van der Waals surface area contributed by atoms with Crippen molar-refractivity contribution in [3.63, 3.8) is 0 Å². The van der Waals surface area contributed by atoms with Crippen molar-refractivity contribution in [2.45, 2.75) is 25.3 Å².